The van der Waals surface area contributed by atoms with Gasteiger partial charge >= 0.3 is 6.18 Å². The lowest BCUT2D eigenvalue weighted by molar-refractivity contribution is -0.153. The summed E-state index contributed by atoms with van der Waals surface area (Å²) in [4.78, 5) is 19.3. The lowest BCUT2D eigenvalue weighted by Gasteiger charge is -2.37. The number of likely N-dealkylation sites (tertiary alicyclic amines) is 1. The summed E-state index contributed by atoms with van der Waals surface area (Å²) < 4.78 is 46.9. The second-order valence-corrected chi connectivity index (χ2v) is 8.75. The van der Waals surface area contributed by atoms with Gasteiger partial charge in [0.2, 0.25) is 0 Å². The van der Waals surface area contributed by atoms with E-state index >= 15 is 0 Å². The molecule has 1 aliphatic heterocycles. The van der Waals surface area contributed by atoms with Crippen molar-refractivity contribution in [3.8, 4) is 5.75 Å². The molecule has 1 saturated heterocycles. The molecule has 0 radical (unpaired) electrons. The SMILES string of the molecule is C[C@@H]1CC[C@@H](c2nsc(C(C)(C)O)n2)CN1C(=O)c1ccccc1OCC(F)(F)F. The second-order valence-electron chi connectivity index (χ2n) is 8.00. The van der Waals surface area contributed by atoms with Crippen LogP contribution < -0.4 is 4.74 Å². The predicted octanol–water partition coefficient (Wildman–Crippen LogP) is 4.11. The maximum absolute atomic E-state index is 13.2. The fourth-order valence-electron chi connectivity index (χ4n) is 3.33. The van der Waals surface area contributed by atoms with Gasteiger partial charge in [0.1, 0.15) is 22.2 Å². The van der Waals surface area contributed by atoms with E-state index in [0.717, 1.165) is 18.0 Å². The third-order valence-electron chi connectivity index (χ3n) is 4.98. The zero-order chi connectivity index (χ0) is 22.1. The zero-order valence-corrected chi connectivity index (χ0v) is 17.8. The molecule has 0 bridgehead atoms. The van der Waals surface area contributed by atoms with E-state index < -0.39 is 18.4 Å². The summed E-state index contributed by atoms with van der Waals surface area (Å²) in [6, 6.07) is 5.87. The summed E-state index contributed by atoms with van der Waals surface area (Å²) in [5.41, 5.74) is -1.00. The summed E-state index contributed by atoms with van der Waals surface area (Å²) in [5.74, 6) is -0.0163. The topological polar surface area (TPSA) is 75.6 Å². The molecule has 6 nitrogen and oxygen atoms in total. The molecule has 3 rings (SSSR count). The molecule has 0 aliphatic carbocycles. The number of carbonyl (C=O) groups excluding carboxylic acids is 1. The van der Waals surface area contributed by atoms with Gasteiger partial charge in [-0.1, -0.05) is 12.1 Å². The average Bonchev–Trinajstić information content (AvgIpc) is 3.16. The molecule has 2 heterocycles. The Labute approximate surface area is 176 Å². The van der Waals surface area contributed by atoms with E-state index in [-0.39, 0.29) is 29.2 Å². The number of aromatic nitrogens is 2. The number of amides is 1. The number of piperidine rings is 1. The summed E-state index contributed by atoms with van der Waals surface area (Å²) in [6.07, 6.45) is -3.01. The van der Waals surface area contributed by atoms with E-state index in [0.29, 0.717) is 23.8 Å². The van der Waals surface area contributed by atoms with Crippen molar-refractivity contribution >= 4 is 17.4 Å². The Morgan fingerprint density at radius 1 is 1.30 bits per heavy atom. The van der Waals surface area contributed by atoms with Gasteiger partial charge in [-0.15, -0.1) is 0 Å². The third kappa shape index (κ3) is 5.28. The zero-order valence-electron chi connectivity index (χ0n) is 16.9. The van der Waals surface area contributed by atoms with Crippen molar-refractivity contribution in [2.45, 2.75) is 57.3 Å². The van der Waals surface area contributed by atoms with Crippen LogP contribution in [0.5, 0.6) is 5.75 Å². The first-order chi connectivity index (χ1) is 14.0. The van der Waals surface area contributed by atoms with E-state index in [4.69, 9.17) is 4.74 Å². The molecule has 0 unspecified atom stereocenters. The fourth-order valence-corrected chi connectivity index (χ4v) is 4.06. The number of hydrogen-bond acceptors (Lipinski definition) is 6. The summed E-state index contributed by atoms with van der Waals surface area (Å²) in [7, 11) is 0. The molecule has 2 aromatic rings. The molecule has 30 heavy (non-hydrogen) atoms. The molecule has 1 amide bonds. The summed E-state index contributed by atoms with van der Waals surface area (Å²) in [6.45, 7) is 4.06. The first-order valence-electron chi connectivity index (χ1n) is 9.61. The first kappa shape index (κ1) is 22.5. The van der Waals surface area contributed by atoms with E-state index in [1.807, 2.05) is 6.92 Å². The number of alkyl halides is 3. The maximum Gasteiger partial charge on any atom is 0.422 e. The van der Waals surface area contributed by atoms with Gasteiger partial charge in [-0.2, -0.15) is 17.5 Å². The Balaban J connectivity index is 1.79. The predicted molar refractivity (Wildman–Crippen MR) is 106 cm³/mol. The molecule has 2 atom stereocenters. The Bertz CT molecular complexity index is 895. The van der Waals surface area contributed by atoms with Gasteiger partial charge in [0.05, 0.1) is 5.56 Å². The number of halogens is 3. The van der Waals surface area contributed by atoms with Crippen LogP contribution in [0, 0.1) is 0 Å². The van der Waals surface area contributed by atoms with Crippen LogP contribution in [0.2, 0.25) is 0 Å². The first-order valence-corrected chi connectivity index (χ1v) is 10.4. The van der Waals surface area contributed by atoms with Crippen LogP contribution in [0.4, 0.5) is 13.2 Å². The quantitative estimate of drug-likeness (QED) is 0.753. The minimum Gasteiger partial charge on any atom is -0.483 e. The standard InChI is InChI=1S/C20H24F3N3O3S/c1-12-8-9-13(16-24-18(30-25-16)19(2,3)28)10-26(12)17(27)14-6-4-5-7-15(14)29-11-20(21,22)23/h4-7,12-13,28H,8-11H2,1-3H3/t12-,13-/m1/s1. The smallest absolute Gasteiger partial charge is 0.422 e. The number of para-hydroxylation sites is 1. The van der Waals surface area contributed by atoms with Gasteiger partial charge < -0.3 is 14.7 Å². The number of rotatable bonds is 5. The number of carbonyl (C=O) groups is 1. The monoisotopic (exact) mass is 443 g/mol. The molecule has 0 saturated carbocycles. The minimum atomic E-state index is -4.49. The third-order valence-corrected chi connectivity index (χ3v) is 6.02. The van der Waals surface area contributed by atoms with Crippen LogP contribution >= 0.6 is 11.5 Å². The molecular formula is C20H24F3N3O3S. The van der Waals surface area contributed by atoms with Gasteiger partial charge in [0.25, 0.3) is 5.91 Å². The van der Waals surface area contributed by atoms with Gasteiger partial charge in [0, 0.05) is 18.5 Å². The van der Waals surface area contributed by atoms with Crippen molar-refractivity contribution in [2.75, 3.05) is 13.2 Å². The van der Waals surface area contributed by atoms with Crippen molar-refractivity contribution in [1.29, 1.82) is 0 Å². The second kappa shape index (κ2) is 8.50. The van der Waals surface area contributed by atoms with Crippen LogP contribution in [0.3, 0.4) is 0 Å². The van der Waals surface area contributed by atoms with Gasteiger partial charge in [0.15, 0.2) is 6.61 Å². The molecule has 1 aliphatic rings. The molecule has 1 aromatic carbocycles. The molecule has 164 valence electrons. The number of aliphatic hydroxyl groups is 1. The number of benzene rings is 1. The van der Waals surface area contributed by atoms with Crippen LogP contribution in [0.25, 0.3) is 0 Å². The lowest BCUT2D eigenvalue weighted by Crippen LogP contribution is -2.45. The minimum absolute atomic E-state index is 0.0863. The number of ether oxygens (including phenoxy) is 1. The molecule has 1 fully saturated rings. The van der Waals surface area contributed by atoms with Crippen LogP contribution in [-0.4, -0.2) is 50.6 Å². The molecule has 10 heteroatoms. The highest BCUT2D eigenvalue weighted by Crippen LogP contribution is 2.33. The summed E-state index contributed by atoms with van der Waals surface area (Å²) >= 11 is 1.13. The van der Waals surface area contributed by atoms with Crippen LogP contribution in [0.15, 0.2) is 24.3 Å². The fraction of sp³-hybridized carbons (Fsp3) is 0.550. The highest BCUT2D eigenvalue weighted by molar-refractivity contribution is 7.05. The molecular weight excluding hydrogens is 419 g/mol. The van der Waals surface area contributed by atoms with E-state index in [1.165, 1.54) is 18.2 Å². The van der Waals surface area contributed by atoms with E-state index in [1.54, 1.807) is 24.8 Å². The maximum atomic E-state index is 13.2. The van der Waals surface area contributed by atoms with Gasteiger partial charge in [-0.25, -0.2) is 4.98 Å². The van der Waals surface area contributed by atoms with Crippen molar-refractivity contribution in [3.05, 3.63) is 40.7 Å². The average molecular weight is 443 g/mol. The summed E-state index contributed by atoms with van der Waals surface area (Å²) in [5, 5.41) is 10.6. The van der Waals surface area contributed by atoms with Crippen molar-refractivity contribution in [2.24, 2.45) is 0 Å². The van der Waals surface area contributed by atoms with Crippen LogP contribution in [0.1, 0.15) is 60.7 Å². The Kier molecular flexibility index (Phi) is 6.37. The lowest BCUT2D eigenvalue weighted by atomic mass is 9.92. The Hall–Kier alpha value is -2.20. The normalized spacial score (nSPS) is 20.3. The number of hydrogen-bond donors (Lipinski definition) is 1. The highest BCUT2D eigenvalue weighted by Gasteiger charge is 2.35. The Morgan fingerprint density at radius 3 is 2.63 bits per heavy atom. The van der Waals surface area contributed by atoms with Crippen molar-refractivity contribution in [3.63, 3.8) is 0 Å². The number of nitrogens with zero attached hydrogens (tertiary/aromatic N) is 3. The largest absolute Gasteiger partial charge is 0.483 e. The molecule has 0 spiro atoms. The molecule has 1 N–H and O–H groups in total. The van der Waals surface area contributed by atoms with E-state index in [2.05, 4.69) is 9.36 Å². The highest BCUT2D eigenvalue weighted by atomic mass is 32.1. The van der Waals surface area contributed by atoms with Gasteiger partial charge in [-0.05, 0) is 57.3 Å². The van der Waals surface area contributed by atoms with Crippen LogP contribution in [-0.2, 0) is 5.60 Å². The Morgan fingerprint density at radius 2 is 2.00 bits per heavy atom. The molecule has 1 aromatic heterocycles. The van der Waals surface area contributed by atoms with Gasteiger partial charge in [-0.3, -0.25) is 4.79 Å². The van der Waals surface area contributed by atoms with Crippen molar-refractivity contribution < 1.29 is 27.8 Å². The van der Waals surface area contributed by atoms with Crippen molar-refractivity contribution in [1.82, 2.24) is 14.3 Å². The van der Waals surface area contributed by atoms with E-state index in [9.17, 15) is 23.1 Å².